The average Bonchev–Trinajstić information content (AvgIpc) is 3.08. The molecule has 0 bridgehead atoms. The second-order valence-corrected chi connectivity index (χ2v) is 7.38. The number of aromatic amines is 1. The van der Waals surface area contributed by atoms with Crippen molar-refractivity contribution < 1.29 is 14.3 Å². The zero-order chi connectivity index (χ0) is 20.4. The van der Waals surface area contributed by atoms with E-state index in [-0.39, 0.29) is 18.5 Å². The third kappa shape index (κ3) is 4.17. The highest BCUT2D eigenvalue weighted by Gasteiger charge is 2.17. The molecule has 2 aromatic carbocycles. The highest BCUT2D eigenvalue weighted by atomic mass is 32.1. The molecule has 0 saturated heterocycles. The zero-order valence-electron chi connectivity index (χ0n) is 16.3. The van der Waals surface area contributed by atoms with Crippen molar-refractivity contribution in [2.75, 3.05) is 13.2 Å². The molecule has 1 atom stereocenters. The van der Waals surface area contributed by atoms with Crippen molar-refractivity contribution in [2.24, 2.45) is 0 Å². The number of rotatable bonds is 5. The van der Waals surface area contributed by atoms with E-state index in [9.17, 15) is 4.79 Å². The molecule has 4 rings (SSSR count). The number of hydrogen-bond acceptors (Lipinski definition) is 5. The van der Waals surface area contributed by atoms with E-state index in [0.717, 1.165) is 22.4 Å². The number of aromatic nitrogens is 3. The fourth-order valence-electron chi connectivity index (χ4n) is 3.23. The van der Waals surface area contributed by atoms with Gasteiger partial charge in [0.25, 0.3) is 0 Å². The number of carbonyl (C=O) groups excluding carboxylic acids is 1. The van der Waals surface area contributed by atoms with Crippen LogP contribution in [0.1, 0.15) is 24.1 Å². The first-order valence-electron chi connectivity index (χ1n) is 9.42. The molecule has 1 aliphatic rings. The molecule has 7 nitrogen and oxygen atoms in total. The van der Waals surface area contributed by atoms with Gasteiger partial charge in [-0.25, -0.2) is 0 Å². The Morgan fingerprint density at radius 2 is 1.93 bits per heavy atom. The van der Waals surface area contributed by atoms with E-state index in [1.165, 1.54) is 0 Å². The Bertz CT molecular complexity index is 1090. The van der Waals surface area contributed by atoms with Crippen LogP contribution in [0.25, 0.3) is 11.4 Å². The van der Waals surface area contributed by atoms with Crippen LogP contribution in [-0.2, 0) is 11.3 Å². The summed E-state index contributed by atoms with van der Waals surface area (Å²) in [5.41, 5.74) is 2.99. The molecule has 0 spiro atoms. The first-order chi connectivity index (χ1) is 14.0. The van der Waals surface area contributed by atoms with Crippen molar-refractivity contribution in [3.63, 3.8) is 0 Å². The van der Waals surface area contributed by atoms with E-state index in [4.69, 9.17) is 21.7 Å². The summed E-state index contributed by atoms with van der Waals surface area (Å²) in [5.74, 6) is 1.91. The van der Waals surface area contributed by atoms with Gasteiger partial charge < -0.3 is 14.8 Å². The predicted molar refractivity (Wildman–Crippen MR) is 112 cm³/mol. The van der Waals surface area contributed by atoms with E-state index in [1.807, 2.05) is 56.3 Å². The zero-order valence-corrected chi connectivity index (χ0v) is 17.1. The number of amides is 1. The van der Waals surface area contributed by atoms with Gasteiger partial charge in [0, 0.05) is 5.56 Å². The highest BCUT2D eigenvalue weighted by Crippen LogP contribution is 2.32. The number of ether oxygens (including phenoxy) is 2. The summed E-state index contributed by atoms with van der Waals surface area (Å²) in [6.07, 6.45) is 0. The Morgan fingerprint density at radius 3 is 2.69 bits per heavy atom. The minimum Gasteiger partial charge on any atom is -0.486 e. The van der Waals surface area contributed by atoms with E-state index < -0.39 is 0 Å². The monoisotopic (exact) mass is 410 g/mol. The van der Waals surface area contributed by atoms with Crippen molar-refractivity contribution in [2.45, 2.75) is 26.4 Å². The maximum atomic E-state index is 12.7. The topological polar surface area (TPSA) is 81.2 Å². The summed E-state index contributed by atoms with van der Waals surface area (Å²) in [6, 6.07) is 13.4. The molecule has 0 aliphatic carbocycles. The van der Waals surface area contributed by atoms with Gasteiger partial charge in [-0.1, -0.05) is 35.9 Å². The summed E-state index contributed by atoms with van der Waals surface area (Å²) in [5, 5.41) is 10.1. The van der Waals surface area contributed by atoms with Gasteiger partial charge in [0.05, 0.1) is 6.04 Å². The molecule has 8 heteroatoms. The number of nitrogens with zero attached hydrogens (tertiary/aromatic N) is 2. The van der Waals surface area contributed by atoms with Gasteiger partial charge in [-0.2, -0.15) is 5.10 Å². The smallest absolute Gasteiger partial charge is 0.240 e. The second kappa shape index (κ2) is 8.08. The molecule has 1 aromatic heterocycles. The van der Waals surface area contributed by atoms with Crippen molar-refractivity contribution in [1.29, 1.82) is 0 Å². The van der Waals surface area contributed by atoms with Crippen LogP contribution in [0, 0.1) is 11.7 Å². The lowest BCUT2D eigenvalue weighted by Gasteiger charge is -2.21. The molecule has 29 heavy (non-hydrogen) atoms. The van der Waals surface area contributed by atoms with Crippen LogP contribution in [0.5, 0.6) is 11.5 Å². The molecular weight excluding hydrogens is 388 g/mol. The van der Waals surface area contributed by atoms with Crippen LogP contribution in [0.2, 0.25) is 0 Å². The minimum atomic E-state index is -0.192. The van der Waals surface area contributed by atoms with Crippen molar-refractivity contribution >= 4 is 18.1 Å². The van der Waals surface area contributed by atoms with Crippen molar-refractivity contribution in [3.05, 3.63) is 58.4 Å². The number of nitrogens with one attached hydrogen (secondary N) is 2. The molecule has 2 heterocycles. The van der Waals surface area contributed by atoms with Gasteiger partial charge >= 0.3 is 0 Å². The minimum absolute atomic E-state index is 0.0768. The van der Waals surface area contributed by atoms with Gasteiger partial charge in [-0.15, -0.1) is 0 Å². The van der Waals surface area contributed by atoms with Crippen LogP contribution < -0.4 is 14.8 Å². The van der Waals surface area contributed by atoms with E-state index in [2.05, 4.69) is 15.5 Å². The van der Waals surface area contributed by atoms with E-state index in [0.29, 0.717) is 29.6 Å². The molecule has 0 saturated carbocycles. The number of benzene rings is 2. The maximum Gasteiger partial charge on any atom is 0.240 e. The third-order valence-corrected chi connectivity index (χ3v) is 5.13. The highest BCUT2D eigenvalue weighted by molar-refractivity contribution is 7.71. The molecule has 3 aromatic rings. The quantitative estimate of drug-likeness (QED) is 0.629. The Morgan fingerprint density at radius 1 is 1.21 bits per heavy atom. The van der Waals surface area contributed by atoms with Gasteiger partial charge in [0.2, 0.25) is 5.91 Å². The lowest BCUT2D eigenvalue weighted by Crippen LogP contribution is -2.30. The number of carbonyl (C=O) groups is 1. The van der Waals surface area contributed by atoms with Crippen LogP contribution in [0.3, 0.4) is 0 Å². The first-order valence-corrected chi connectivity index (χ1v) is 9.83. The Labute approximate surface area is 173 Å². The fraction of sp³-hybridized carbons (Fsp3) is 0.286. The third-order valence-electron chi connectivity index (χ3n) is 4.81. The van der Waals surface area contributed by atoms with Gasteiger partial charge in [-0.3, -0.25) is 14.5 Å². The SMILES string of the molecule is Cc1ccc(-c2n[nH]c(=S)n2CC(=O)NC(C)c2ccc3c(c2)OCCO3)cc1. The lowest BCUT2D eigenvalue weighted by molar-refractivity contribution is -0.122. The number of hydrogen-bond donors (Lipinski definition) is 2. The molecule has 2 N–H and O–H groups in total. The maximum absolute atomic E-state index is 12.7. The standard InChI is InChI=1S/C21H22N4O3S/c1-13-3-5-15(6-4-13)20-23-24-21(29)25(20)12-19(26)22-14(2)16-7-8-17-18(11-16)28-10-9-27-17/h3-8,11,14H,9-10,12H2,1-2H3,(H,22,26)(H,24,29). The summed E-state index contributed by atoms with van der Waals surface area (Å²) in [4.78, 5) is 12.7. The lowest BCUT2D eigenvalue weighted by atomic mass is 10.1. The van der Waals surface area contributed by atoms with Gasteiger partial charge in [0.15, 0.2) is 22.1 Å². The fourth-order valence-corrected chi connectivity index (χ4v) is 3.43. The normalized spacial score (nSPS) is 13.7. The summed E-state index contributed by atoms with van der Waals surface area (Å²) < 4.78 is 13.3. The number of fused-ring (bicyclic) bond motifs is 1. The number of H-pyrrole nitrogens is 1. The van der Waals surface area contributed by atoms with E-state index in [1.54, 1.807) is 4.57 Å². The van der Waals surface area contributed by atoms with Crippen molar-refractivity contribution in [1.82, 2.24) is 20.1 Å². The van der Waals surface area contributed by atoms with Crippen LogP contribution in [0.15, 0.2) is 42.5 Å². The largest absolute Gasteiger partial charge is 0.486 e. The first kappa shape index (κ1) is 19.2. The molecule has 0 radical (unpaired) electrons. The van der Waals surface area contributed by atoms with Crippen molar-refractivity contribution in [3.8, 4) is 22.9 Å². The summed E-state index contributed by atoms with van der Waals surface area (Å²) in [6.45, 7) is 5.10. The molecule has 1 amide bonds. The molecule has 1 unspecified atom stereocenters. The van der Waals surface area contributed by atoms with Gasteiger partial charge in [0.1, 0.15) is 19.8 Å². The molecule has 0 fully saturated rings. The molecular formula is C21H22N4O3S. The van der Waals surface area contributed by atoms with Crippen LogP contribution in [0.4, 0.5) is 0 Å². The Kier molecular flexibility index (Phi) is 5.35. The summed E-state index contributed by atoms with van der Waals surface area (Å²) >= 11 is 5.33. The summed E-state index contributed by atoms with van der Waals surface area (Å²) in [7, 11) is 0. The molecule has 150 valence electrons. The van der Waals surface area contributed by atoms with Crippen LogP contribution >= 0.6 is 12.2 Å². The van der Waals surface area contributed by atoms with Crippen LogP contribution in [-0.4, -0.2) is 33.9 Å². The number of aryl methyl sites for hydroxylation is 1. The average molecular weight is 410 g/mol. The Hall–Kier alpha value is -3.13. The second-order valence-electron chi connectivity index (χ2n) is 7.00. The van der Waals surface area contributed by atoms with E-state index >= 15 is 0 Å². The Balaban J connectivity index is 1.48. The predicted octanol–water partition coefficient (Wildman–Crippen LogP) is 3.56. The molecule has 1 aliphatic heterocycles. The van der Waals surface area contributed by atoms with Gasteiger partial charge in [-0.05, 0) is 43.8 Å².